The molecule has 2 N–H and O–H groups in total. The summed E-state index contributed by atoms with van der Waals surface area (Å²) in [6.07, 6.45) is 0.0631. The average molecular weight is 320 g/mol. The summed E-state index contributed by atoms with van der Waals surface area (Å²) < 4.78 is 5.07. The van der Waals surface area contributed by atoms with E-state index in [2.05, 4.69) is 5.32 Å². The van der Waals surface area contributed by atoms with Gasteiger partial charge in [0.05, 0.1) is 13.0 Å². The van der Waals surface area contributed by atoms with Gasteiger partial charge in [0.25, 0.3) is 0 Å². The molecule has 1 aromatic rings. The quantitative estimate of drug-likeness (QED) is 0.844. The Kier molecular flexibility index (Phi) is 4.58. The summed E-state index contributed by atoms with van der Waals surface area (Å²) in [6, 6.07) is 6.98. The maximum absolute atomic E-state index is 12.2. The summed E-state index contributed by atoms with van der Waals surface area (Å²) in [5.74, 6) is -1.60. The molecule has 1 aliphatic heterocycles. The minimum atomic E-state index is -1.37. The van der Waals surface area contributed by atoms with Crippen LogP contribution in [-0.2, 0) is 14.4 Å². The Bertz CT molecular complexity index is 624. The number of benzene rings is 1. The Balaban J connectivity index is 2.07. The van der Waals surface area contributed by atoms with Crippen LogP contribution in [0.1, 0.15) is 20.3 Å². The van der Waals surface area contributed by atoms with Gasteiger partial charge in [-0.25, -0.2) is 4.79 Å². The maximum Gasteiger partial charge on any atom is 0.328 e. The third kappa shape index (κ3) is 3.61. The smallest absolute Gasteiger partial charge is 0.328 e. The second kappa shape index (κ2) is 6.28. The van der Waals surface area contributed by atoms with Gasteiger partial charge in [0.2, 0.25) is 11.8 Å². The van der Waals surface area contributed by atoms with Gasteiger partial charge in [-0.3, -0.25) is 9.59 Å². The Hall–Kier alpha value is -2.57. The lowest BCUT2D eigenvalue weighted by Crippen LogP contribution is -2.51. The van der Waals surface area contributed by atoms with Gasteiger partial charge in [0, 0.05) is 18.7 Å². The predicted octanol–water partition coefficient (Wildman–Crippen LogP) is 1.03. The van der Waals surface area contributed by atoms with Crippen LogP contribution in [-0.4, -0.2) is 42.1 Å². The van der Waals surface area contributed by atoms with Gasteiger partial charge in [-0.15, -0.1) is 0 Å². The van der Waals surface area contributed by atoms with Gasteiger partial charge in [-0.1, -0.05) is 0 Å². The molecule has 0 spiro atoms. The van der Waals surface area contributed by atoms with Crippen LogP contribution in [0.2, 0.25) is 0 Å². The minimum absolute atomic E-state index is 0.0631. The monoisotopic (exact) mass is 320 g/mol. The number of hydrogen-bond acceptors (Lipinski definition) is 4. The van der Waals surface area contributed by atoms with Gasteiger partial charge in [0.15, 0.2) is 0 Å². The van der Waals surface area contributed by atoms with Crippen LogP contribution in [0.25, 0.3) is 0 Å². The molecule has 0 aliphatic carbocycles. The van der Waals surface area contributed by atoms with Gasteiger partial charge in [-0.05, 0) is 38.1 Å². The molecule has 1 heterocycles. The van der Waals surface area contributed by atoms with Crippen molar-refractivity contribution in [1.29, 1.82) is 0 Å². The molecule has 2 amide bonds. The molecule has 124 valence electrons. The number of amides is 2. The third-order valence-electron chi connectivity index (χ3n) is 3.85. The van der Waals surface area contributed by atoms with Crippen LogP contribution in [0.15, 0.2) is 24.3 Å². The van der Waals surface area contributed by atoms with Crippen molar-refractivity contribution < 1.29 is 24.2 Å². The first-order chi connectivity index (χ1) is 10.7. The van der Waals surface area contributed by atoms with E-state index in [1.807, 2.05) is 0 Å². The van der Waals surface area contributed by atoms with E-state index < -0.39 is 23.3 Å². The summed E-state index contributed by atoms with van der Waals surface area (Å²) in [4.78, 5) is 37.0. The summed E-state index contributed by atoms with van der Waals surface area (Å²) >= 11 is 0. The van der Waals surface area contributed by atoms with E-state index in [1.165, 1.54) is 18.7 Å². The van der Waals surface area contributed by atoms with E-state index in [9.17, 15) is 14.4 Å². The van der Waals surface area contributed by atoms with E-state index >= 15 is 0 Å². The third-order valence-corrected chi connectivity index (χ3v) is 3.85. The summed E-state index contributed by atoms with van der Waals surface area (Å²) in [7, 11) is 1.56. The topological polar surface area (TPSA) is 95.9 Å². The van der Waals surface area contributed by atoms with Crippen molar-refractivity contribution in [3.8, 4) is 5.75 Å². The van der Waals surface area contributed by atoms with Gasteiger partial charge in [-0.2, -0.15) is 0 Å². The lowest BCUT2D eigenvalue weighted by Gasteiger charge is -2.23. The van der Waals surface area contributed by atoms with Crippen LogP contribution in [0.5, 0.6) is 5.75 Å². The molecule has 7 nitrogen and oxygen atoms in total. The first kappa shape index (κ1) is 16.8. The second-order valence-electron chi connectivity index (χ2n) is 6.02. The number of nitrogens with one attached hydrogen (secondary N) is 1. The van der Waals surface area contributed by atoms with Crippen molar-refractivity contribution >= 4 is 23.5 Å². The summed E-state index contributed by atoms with van der Waals surface area (Å²) in [6.45, 7) is 3.04. The zero-order valence-electron chi connectivity index (χ0n) is 13.3. The number of carbonyl (C=O) groups excluding carboxylic acids is 2. The molecule has 1 unspecified atom stereocenters. The number of aliphatic carboxylic acids is 1. The molecule has 2 rings (SSSR count). The highest BCUT2D eigenvalue weighted by molar-refractivity contribution is 6.01. The molecule has 1 aliphatic rings. The van der Waals surface area contributed by atoms with Crippen LogP contribution < -0.4 is 15.0 Å². The number of nitrogens with zero attached hydrogens (tertiary/aromatic N) is 1. The number of methoxy groups -OCH3 is 1. The number of hydrogen-bond donors (Lipinski definition) is 2. The number of carboxylic acid groups (broad SMARTS) is 1. The van der Waals surface area contributed by atoms with Gasteiger partial charge in [0.1, 0.15) is 11.3 Å². The van der Waals surface area contributed by atoms with Crippen molar-refractivity contribution in [1.82, 2.24) is 5.32 Å². The number of anilines is 1. The molecule has 0 bridgehead atoms. The average Bonchev–Trinajstić information content (AvgIpc) is 2.89. The fourth-order valence-corrected chi connectivity index (χ4v) is 2.36. The zero-order valence-corrected chi connectivity index (χ0v) is 13.3. The standard InChI is InChI=1S/C16H20N2O5/c1-16(2,15(21)22)17-14(20)10-8-13(19)18(9-10)11-4-6-12(23-3)7-5-11/h4-7,10H,8-9H2,1-3H3,(H,17,20)(H,21,22). The summed E-state index contributed by atoms with van der Waals surface area (Å²) in [5.41, 5.74) is -0.684. The Morgan fingerprint density at radius 3 is 2.43 bits per heavy atom. The van der Waals surface area contributed by atoms with Crippen LogP contribution in [0.4, 0.5) is 5.69 Å². The molecule has 23 heavy (non-hydrogen) atoms. The van der Waals surface area contributed by atoms with Crippen molar-refractivity contribution in [3.63, 3.8) is 0 Å². The molecule has 0 radical (unpaired) electrons. The lowest BCUT2D eigenvalue weighted by atomic mass is 10.0. The molecule has 1 aromatic carbocycles. The van der Waals surface area contributed by atoms with Crippen molar-refractivity contribution in [2.24, 2.45) is 5.92 Å². The number of ether oxygens (including phenoxy) is 1. The number of carboxylic acids is 1. The van der Waals surface area contributed by atoms with E-state index in [4.69, 9.17) is 9.84 Å². The molecule has 7 heteroatoms. The molecule has 1 fully saturated rings. The first-order valence-electron chi connectivity index (χ1n) is 7.24. The Morgan fingerprint density at radius 1 is 1.30 bits per heavy atom. The van der Waals surface area contributed by atoms with Crippen molar-refractivity contribution in [2.75, 3.05) is 18.6 Å². The number of rotatable bonds is 5. The van der Waals surface area contributed by atoms with E-state index in [0.717, 1.165) is 0 Å². The Labute approximate surface area is 134 Å². The molecular weight excluding hydrogens is 300 g/mol. The summed E-state index contributed by atoms with van der Waals surface area (Å²) in [5, 5.41) is 11.5. The van der Waals surface area contributed by atoms with Gasteiger partial charge < -0.3 is 20.1 Å². The predicted molar refractivity (Wildman–Crippen MR) is 83.3 cm³/mol. The van der Waals surface area contributed by atoms with Crippen molar-refractivity contribution in [2.45, 2.75) is 25.8 Å². The molecule has 0 aromatic heterocycles. The SMILES string of the molecule is COc1ccc(N2CC(C(=O)NC(C)(C)C(=O)O)CC2=O)cc1. The minimum Gasteiger partial charge on any atom is -0.497 e. The first-order valence-corrected chi connectivity index (χ1v) is 7.24. The second-order valence-corrected chi connectivity index (χ2v) is 6.02. The molecule has 1 saturated heterocycles. The van der Waals surface area contributed by atoms with E-state index in [1.54, 1.807) is 31.4 Å². The fourth-order valence-electron chi connectivity index (χ4n) is 2.36. The van der Waals surface area contributed by atoms with Crippen molar-refractivity contribution in [3.05, 3.63) is 24.3 Å². The lowest BCUT2D eigenvalue weighted by molar-refractivity contribution is -0.146. The normalized spacial score (nSPS) is 18.0. The van der Waals surface area contributed by atoms with Crippen LogP contribution in [0.3, 0.4) is 0 Å². The highest BCUT2D eigenvalue weighted by atomic mass is 16.5. The zero-order chi connectivity index (χ0) is 17.2. The molecular formula is C16H20N2O5. The number of carbonyl (C=O) groups is 3. The van der Waals surface area contributed by atoms with Crippen LogP contribution >= 0.6 is 0 Å². The fraction of sp³-hybridized carbons (Fsp3) is 0.438. The maximum atomic E-state index is 12.2. The highest BCUT2D eigenvalue weighted by Crippen LogP contribution is 2.27. The van der Waals surface area contributed by atoms with E-state index in [-0.39, 0.29) is 18.9 Å². The molecule has 1 atom stereocenters. The van der Waals surface area contributed by atoms with Gasteiger partial charge >= 0.3 is 5.97 Å². The highest BCUT2D eigenvalue weighted by Gasteiger charge is 2.38. The Morgan fingerprint density at radius 2 is 1.91 bits per heavy atom. The van der Waals surface area contributed by atoms with E-state index in [0.29, 0.717) is 11.4 Å². The van der Waals surface area contributed by atoms with Crippen LogP contribution in [0, 0.1) is 5.92 Å². The largest absolute Gasteiger partial charge is 0.497 e. The molecule has 0 saturated carbocycles.